The monoisotopic (exact) mass is 126 g/mol. The summed E-state index contributed by atoms with van der Waals surface area (Å²) in [5.74, 6) is 0. The van der Waals surface area contributed by atoms with Gasteiger partial charge in [-0.1, -0.05) is 0 Å². The predicted molar refractivity (Wildman–Crippen MR) is 19.3 cm³/mol. The Morgan fingerprint density at radius 1 is 0.800 bits per heavy atom. The van der Waals surface area contributed by atoms with Crippen molar-refractivity contribution >= 4 is 55.1 Å². The molecule has 0 aliphatic carbocycles. The van der Waals surface area contributed by atoms with Gasteiger partial charge in [0, 0.05) is 0 Å². The molecule has 0 aliphatic rings. The third kappa shape index (κ3) is 28.2. The summed E-state index contributed by atoms with van der Waals surface area (Å²) in [6, 6.07) is 0. The Kier molecular flexibility index (Phi) is 736. The molecule has 0 fully saturated rings. The molecule has 0 atom stereocenters. The largest absolute Gasteiger partial charge is 2.00 e. The molecular formula is H5AlCaF2O. The van der Waals surface area contributed by atoms with Crippen LogP contribution in [0.1, 0.15) is 0 Å². The Balaban J connectivity index is 0. The van der Waals surface area contributed by atoms with E-state index in [4.69, 9.17) is 0 Å². The normalized spacial score (nSPS) is 0. The SMILES string of the molecule is O.[AlH3].[Ca+2].[F-].[F-]. The van der Waals surface area contributed by atoms with Crippen LogP contribution >= 0.6 is 0 Å². The zero-order valence-electron chi connectivity index (χ0n) is 1.96. The molecule has 1 nitrogen and oxygen atoms in total. The molecule has 0 heterocycles. The Hall–Kier alpha value is 1.61. The summed E-state index contributed by atoms with van der Waals surface area (Å²) >= 11 is 0. The summed E-state index contributed by atoms with van der Waals surface area (Å²) in [5, 5.41) is 0. The zero-order chi connectivity index (χ0) is 0. The maximum atomic E-state index is 0. The van der Waals surface area contributed by atoms with Gasteiger partial charge in [-0.05, 0) is 0 Å². The Morgan fingerprint density at radius 3 is 0.800 bits per heavy atom. The number of hydrogen-bond donors (Lipinski definition) is 0. The van der Waals surface area contributed by atoms with Crippen molar-refractivity contribution in [3.63, 3.8) is 0 Å². The molecule has 5 heteroatoms. The van der Waals surface area contributed by atoms with Crippen molar-refractivity contribution in [3.05, 3.63) is 0 Å². The Bertz CT molecular complexity index is 9.61. The van der Waals surface area contributed by atoms with E-state index < -0.39 is 0 Å². The minimum atomic E-state index is 0. The van der Waals surface area contributed by atoms with E-state index in [1.807, 2.05) is 0 Å². The van der Waals surface area contributed by atoms with E-state index in [9.17, 15) is 0 Å². The van der Waals surface area contributed by atoms with Crippen LogP contribution in [0.2, 0.25) is 0 Å². The van der Waals surface area contributed by atoms with Crippen molar-refractivity contribution in [1.82, 2.24) is 0 Å². The van der Waals surface area contributed by atoms with E-state index in [0.29, 0.717) is 0 Å². The van der Waals surface area contributed by atoms with E-state index in [2.05, 4.69) is 0 Å². The van der Waals surface area contributed by atoms with Crippen molar-refractivity contribution in [1.29, 1.82) is 0 Å². The molecule has 0 aliphatic heterocycles. The van der Waals surface area contributed by atoms with Gasteiger partial charge in [-0.15, -0.1) is 0 Å². The average Bonchev–Trinajstić information content (AvgIpc) is 0. The van der Waals surface area contributed by atoms with Crippen LogP contribution in [-0.4, -0.2) is 60.6 Å². The average molecular weight is 126 g/mol. The van der Waals surface area contributed by atoms with Crippen LogP contribution in [0.3, 0.4) is 0 Å². The van der Waals surface area contributed by atoms with Gasteiger partial charge in [0.05, 0.1) is 0 Å². The molecule has 5 heavy (non-hydrogen) atoms. The minimum Gasteiger partial charge on any atom is -1.00 e. The minimum absolute atomic E-state index is 0. The second-order valence-electron chi connectivity index (χ2n) is 0. The number of halogens is 2. The van der Waals surface area contributed by atoms with Crippen LogP contribution in [0.5, 0.6) is 0 Å². The molecule has 0 amide bonds. The van der Waals surface area contributed by atoms with Crippen LogP contribution < -0.4 is 9.41 Å². The van der Waals surface area contributed by atoms with E-state index in [-0.39, 0.29) is 70.0 Å². The molecule has 0 saturated carbocycles. The van der Waals surface area contributed by atoms with E-state index in [0.717, 1.165) is 0 Å². The van der Waals surface area contributed by atoms with Gasteiger partial charge in [0.2, 0.25) is 0 Å². The van der Waals surface area contributed by atoms with E-state index >= 15 is 0 Å². The van der Waals surface area contributed by atoms with Gasteiger partial charge in [-0.3, -0.25) is 0 Å². The fourth-order valence-corrected chi connectivity index (χ4v) is 0. The first-order chi connectivity index (χ1) is 0. The van der Waals surface area contributed by atoms with Crippen molar-refractivity contribution in [2.24, 2.45) is 0 Å². The molecule has 0 aromatic carbocycles. The van der Waals surface area contributed by atoms with Crippen LogP contribution in [0.4, 0.5) is 0 Å². The van der Waals surface area contributed by atoms with Crippen molar-refractivity contribution in [2.75, 3.05) is 0 Å². The summed E-state index contributed by atoms with van der Waals surface area (Å²) in [6.45, 7) is 0. The Labute approximate surface area is 69.3 Å². The molecule has 30 valence electrons. The van der Waals surface area contributed by atoms with Gasteiger partial charge >= 0.3 is 37.7 Å². The maximum absolute atomic E-state index is 0. The van der Waals surface area contributed by atoms with Crippen molar-refractivity contribution in [2.45, 2.75) is 0 Å². The van der Waals surface area contributed by atoms with Crippen molar-refractivity contribution in [3.8, 4) is 0 Å². The summed E-state index contributed by atoms with van der Waals surface area (Å²) in [5.41, 5.74) is 0. The molecule has 0 radical (unpaired) electrons. The van der Waals surface area contributed by atoms with Gasteiger partial charge in [0.25, 0.3) is 0 Å². The van der Waals surface area contributed by atoms with Crippen molar-refractivity contribution < 1.29 is 14.9 Å². The fraction of sp³-hybridized carbons (Fsp3) is 0. The van der Waals surface area contributed by atoms with Gasteiger partial charge in [0.1, 0.15) is 0 Å². The first-order valence-electron chi connectivity index (χ1n) is 0. The topological polar surface area (TPSA) is 31.5 Å². The van der Waals surface area contributed by atoms with Crippen LogP contribution in [0.25, 0.3) is 0 Å². The molecular weight excluding hydrogens is 121 g/mol. The molecule has 2 N–H and O–H groups in total. The molecule has 0 aromatic rings. The van der Waals surface area contributed by atoms with Crippen LogP contribution in [-0.2, 0) is 0 Å². The molecule has 0 unspecified atom stereocenters. The van der Waals surface area contributed by atoms with Gasteiger partial charge in [-0.2, -0.15) is 0 Å². The molecule has 0 spiro atoms. The van der Waals surface area contributed by atoms with Gasteiger partial charge in [0.15, 0.2) is 17.4 Å². The summed E-state index contributed by atoms with van der Waals surface area (Å²) < 4.78 is 0. The Morgan fingerprint density at radius 2 is 0.800 bits per heavy atom. The summed E-state index contributed by atoms with van der Waals surface area (Å²) in [4.78, 5) is 0. The smallest absolute Gasteiger partial charge is 1.00 e. The predicted octanol–water partition coefficient (Wildman–Crippen LogP) is -8.38. The first kappa shape index (κ1) is 80.1. The van der Waals surface area contributed by atoms with E-state index in [1.54, 1.807) is 0 Å². The van der Waals surface area contributed by atoms with Crippen LogP contribution in [0.15, 0.2) is 0 Å². The van der Waals surface area contributed by atoms with Gasteiger partial charge in [-0.25, -0.2) is 0 Å². The number of rotatable bonds is 0. The second kappa shape index (κ2) is 45.9. The van der Waals surface area contributed by atoms with Crippen LogP contribution in [0, 0.1) is 0 Å². The quantitative estimate of drug-likeness (QED) is 0.289. The summed E-state index contributed by atoms with van der Waals surface area (Å²) in [6.07, 6.45) is 0. The molecule has 0 bridgehead atoms. The molecule has 0 rings (SSSR count). The first-order valence-corrected chi connectivity index (χ1v) is 0. The molecule has 0 saturated heterocycles. The fourth-order valence-electron chi connectivity index (χ4n) is 0. The standard InChI is InChI=1S/Al.Ca.2FH.H2O.3H/h;;2*1H;1H2;;;/q;+2;;;;;;/p-2. The zero-order valence-corrected chi connectivity index (χ0v) is 4.17. The summed E-state index contributed by atoms with van der Waals surface area (Å²) in [7, 11) is 0. The third-order valence-electron chi connectivity index (χ3n) is 0. The maximum Gasteiger partial charge on any atom is 2.00 e. The third-order valence-corrected chi connectivity index (χ3v) is 0. The number of hydrogen-bond acceptors (Lipinski definition) is 0. The second-order valence-corrected chi connectivity index (χ2v) is 0. The van der Waals surface area contributed by atoms with E-state index in [1.165, 1.54) is 0 Å². The molecule has 0 aromatic heterocycles. The van der Waals surface area contributed by atoms with Gasteiger partial charge < -0.3 is 14.9 Å².